The van der Waals surface area contributed by atoms with Gasteiger partial charge in [-0.15, -0.1) is 0 Å². The van der Waals surface area contributed by atoms with Crippen LogP contribution < -0.4 is 9.47 Å². The van der Waals surface area contributed by atoms with E-state index in [1.54, 1.807) is 12.1 Å². The molecule has 1 aliphatic heterocycles. The van der Waals surface area contributed by atoms with E-state index in [9.17, 15) is 4.79 Å². The van der Waals surface area contributed by atoms with Crippen molar-refractivity contribution < 1.29 is 19.0 Å². The predicted molar refractivity (Wildman–Crippen MR) is 133 cm³/mol. The van der Waals surface area contributed by atoms with Crippen LogP contribution in [0.2, 0.25) is 5.02 Å². The van der Waals surface area contributed by atoms with Crippen LogP contribution in [0.4, 0.5) is 0 Å². The molecule has 7 heteroatoms. The number of cyclic esters (lactones) is 1. The Morgan fingerprint density at radius 3 is 2.56 bits per heavy atom. The van der Waals surface area contributed by atoms with Crippen molar-refractivity contribution >= 4 is 52.1 Å². The van der Waals surface area contributed by atoms with E-state index in [-0.39, 0.29) is 5.70 Å². The number of rotatable bonds is 7. The highest BCUT2D eigenvalue weighted by Gasteiger charge is 2.24. The molecule has 0 spiro atoms. The van der Waals surface area contributed by atoms with E-state index in [1.165, 1.54) is 0 Å². The molecule has 0 N–H and O–H groups in total. The molecule has 0 aromatic heterocycles. The van der Waals surface area contributed by atoms with Crippen LogP contribution in [0.25, 0.3) is 6.08 Å². The van der Waals surface area contributed by atoms with E-state index < -0.39 is 5.97 Å². The van der Waals surface area contributed by atoms with Crippen molar-refractivity contribution in [3.8, 4) is 11.5 Å². The number of carbonyl (C=O) groups is 1. The lowest BCUT2D eigenvalue weighted by molar-refractivity contribution is -0.129. The van der Waals surface area contributed by atoms with Crippen LogP contribution >= 0.6 is 34.2 Å². The van der Waals surface area contributed by atoms with E-state index in [0.29, 0.717) is 35.6 Å². The molecule has 1 heterocycles. The van der Waals surface area contributed by atoms with E-state index >= 15 is 0 Å². The first kappa shape index (κ1) is 22.4. The largest absolute Gasteiger partial charge is 0.490 e. The van der Waals surface area contributed by atoms with Gasteiger partial charge < -0.3 is 14.2 Å². The molecular formula is C25H19ClINO4. The summed E-state index contributed by atoms with van der Waals surface area (Å²) in [4.78, 5) is 16.7. The van der Waals surface area contributed by atoms with E-state index in [2.05, 4.69) is 27.6 Å². The van der Waals surface area contributed by atoms with Crippen LogP contribution in [0.5, 0.6) is 11.5 Å². The van der Waals surface area contributed by atoms with Crippen molar-refractivity contribution in [1.29, 1.82) is 0 Å². The molecule has 3 aromatic rings. The van der Waals surface area contributed by atoms with Crippen molar-refractivity contribution in [2.45, 2.75) is 13.5 Å². The second kappa shape index (κ2) is 10.2. The summed E-state index contributed by atoms with van der Waals surface area (Å²) in [6.45, 7) is 2.69. The maximum absolute atomic E-state index is 12.3. The number of halogens is 2. The number of ether oxygens (including phenoxy) is 3. The molecule has 0 bridgehead atoms. The molecular weight excluding hydrogens is 541 g/mol. The van der Waals surface area contributed by atoms with Crippen molar-refractivity contribution in [2.24, 2.45) is 4.99 Å². The lowest BCUT2D eigenvalue weighted by atomic mass is 10.1. The number of benzene rings is 3. The number of nitrogens with zero attached hydrogens (tertiary/aromatic N) is 1. The second-order valence-corrected chi connectivity index (χ2v) is 8.52. The maximum Gasteiger partial charge on any atom is 0.363 e. The second-order valence-electron chi connectivity index (χ2n) is 6.86. The minimum absolute atomic E-state index is 0.228. The average Bonchev–Trinajstić information content (AvgIpc) is 3.15. The van der Waals surface area contributed by atoms with E-state index in [4.69, 9.17) is 25.8 Å². The first-order valence-electron chi connectivity index (χ1n) is 9.95. The first-order chi connectivity index (χ1) is 15.5. The molecule has 5 nitrogen and oxygen atoms in total. The maximum atomic E-state index is 12.3. The standard InChI is InChI=1S/C25H19ClINO4/c1-2-30-23-14-16(7-12-22(23)31-15-18-5-3-4-6-20(18)26)13-21-25(29)32-24(28-21)17-8-10-19(27)11-9-17/h3-14H,2,15H2,1H3. The lowest BCUT2D eigenvalue weighted by Gasteiger charge is -2.13. The minimum atomic E-state index is -0.490. The van der Waals surface area contributed by atoms with Crippen molar-refractivity contribution in [2.75, 3.05) is 6.61 Å². The van der Waals surface area contributed by atoms with Crippen LogP contribution in [0.1, 0.15) is 23.6 Å². The van der Waals surface area contributed by atoms with E-state index in [1.807, 2.05) is 67.6 Å². The Kier molecular flexibility index (Phi) is 7.12. The van der Waals surface area contributed by atoms with Gasteiger partial charge in [-0.05, 0) is 83.6 Å². The van der Waals surface area contributed by atoms with Crippen LogP contribution in [-0.2, 0) is 16.1 Å². The fourth-order valence-corrected chi connectivity index (χ4v) is 3.61. The summed E-state index contributed by atoms with van der Waals surface area (Å²) in [5.41, 5.74) is 2.61. The Hall–Kier alpha value is -2.84. The SMILES string of the molecule is CCOc1cc(C=C2N=C(c3ccc(I)cc3)OC2=O)ccc1OCc1ccccc1Cl. The third kappa shape index (κ3) is 5.31. The molecule has 1 aliphatic rings. The zero-order chi connectivity index (χ0) is 22.5. The van der Waals surface area contributed by atoms with Gasteiger partial charge in [-0.3, -0.25) is 0 Å². The lowest BCUT2D eigenvalue weighted by Crippen LogP contribution is -2.05. The van der Waals surface area contributed by atoms with Gasteiger partial charge in [-0.25, -0.2) is 9.79 Å². The Balaban J connectivity index is 1.56. The molecule has 0 aliphatic carbocycles. The van der Waals surface area contributed by atoms with Gasteiger partial charge in [0.2, 0.25) is 5.90 Å². The van der Waals surface area contributed by atoms with Gasteiger partial charge in [0.15, 0.2) is 17.2 Å². The fraction of sp³-hybridized carbons (Fsp3) is 0.120. The van der Waals surface area contributed by atoms with Crippen LogP contribution in [0, 0.1) is 3.57 Å². The fourth-order valence-electron chi connectivity index (χ4n) is 3.06. The Morgan fingerprint density at radius 1 is 1.03 bits per heavy atom. The molecule has 3 aromatic carbocycles. The number of hydrogen-bond acceptors (Lipinski definition) is 5. The highest BCUT2D eigenvalue weighted by molar-refractivity contribution is 14.1. The molecule has 0 unspecified atom stereocenters. The zero-order valence-corrected chi connectivity index (χ0v) is 20.1. The van der Waals surface area contributed by atoms with Gasteiger partial charge in [0.25, 0.3) is 0 Å². The van der Waals surface area contributed by atoms with Gasteiger partial charge in [0.05, 0.1) is 6.61 Å². The summed E-state index contributed by atoms with van der Waals surface area (Å²) in [5, 5.41) is 0.647. The van der Waals surface area contributed by atoms with Gasteiger partial charge in [0, 0.05) is 19.7 Å². The Morgan fingerprint density at radius 2 is 1.81 bits per heavy atom. The van der Waals surface area contributed by atoms with Gasteiger partial charge >= 0.3 is 5.97 Å². The molecule has 0 amide bonds. The highest BCUT2D eigenvalue weighted by atomic mass is 127. The van der Waals surface area contributed by atoms with Crippen LogP contribution in [-0.4, -0.2) is 18.5 Å². The molecule has 0 radical (unpaired) electrons. The summed E-state index contributed by atoms with van der Waals surface area (Å²) in [6, 6.07) is 20.6. The summed E-state index contributed by atoms with van der Waals surface area (Å²) < 4.78 is 18.1. The van der Waals surface area contributed by atoms with Crippen molar-refractivity contribution in [3.63, 3.8) is 0 Å². The third-order valence-corrected chi connectivity index (χ3v) is 5.71. The first-order valence-corrected chi connectivity index (χ1v) is 11.4. The Bertz CT molecular complexity index is 1200. The smallest absolute Gasteiger partial charge is 0.363 e. The van der Waals surface area contributed by atoms with E-state index in [0.717, 1.165) is 20.3 Å². The van der Waals surface area contributed by atoms with Gasteiger partial charge in [-0.1, -0.05) is 35.9 Å². The summed E-state index contributed by atoms with van der Waals surface area (Å²) >= 11 is 8.43. The minimum Gasteiger partial charge on any atom is -0.490 e. The highest BCUT2D eigenvalue weighted by Crippen LogP contribution is 2.31. The molecule has 32 heavy (non-hydrogen) atoms. The van der Waals surface area contributed by atoms with Crippen molar-refractivity contribution in [1.82, 2.24) is 0 Å². The monoisotopic (exact) mass is 559 g/mol. The summed E-state index contributed by atoms with van der Waals surface area (Å²) in [5.74, 6) is 0.964. The number of esters is 1. The van der Waals surface area contributed by atoms with Crippen LogP contribution in [0.15, 0.2) is 77.4 Å². The molecule has 0 atom stereocenters. The van der Waals surface area contributed by atoms with Crippen LogP contribution in [0.3, 0.4) is 0 Å². The zero-order valence-electron chi connectivity index (χ0n) is 17.2. The quantitative estimate of drug-likeness (QED) is 0.195. The number of carbonyl (C=O) groups excluding carboxylic acids is 1. The Labute approximate surface area is 204 Å². The molecule has 0 saturated heterocycles. The molecule has 4 rings (SSSR count). The number of aliphatic imine (C=N–C) groups is 1. The molecule has 0 fully saturated rings. The predicted octanol–water partition coefficient (Wildman–Crippen LogP) is 6.27. The third-order valence-electron chi connectivity index (χ3n) is 4.62. The summed E-state index contributed by atoms with van der Waals surface area (Å²) in [7, 11) is 0. The van der Waals surface area contributed by atoms with Gasteiger partial charge in [0.1, 0.15) is 6.61 Å². The average molecular weight is 560 g/mol. The molecule has 0 saturated carbocycles. The molecule has 162 valence electrons. The number of hydrogen-bond donors (Lipinski definition) is 0. The van der Waals surface area contributed by atoms with Crippen molar-refractivity contribution in [3.05, 3.63) is 97.7 Å². The normalized spacial score (nSPS) is 14.3. The summed E-state index contributed by atoms with van der Waals surface area (Å²) in [6.07, 6.45) is 1.67. The topological polar surface area (TPSA) is 57.1 Å². The van der Waals surface area contributed by atoms with Gasteiger partial charge in [-0.2, -0.15) is 0 Å².